The zero-order chi connectivity index (χ0) is 19.7. The Kier molecular flexibility index (Phi) is 4.87. The van der Waals surface area contributed by atoms with Gasteiger partial charge in [0.15, 0.2) is 0 Å². The van der Waals surface area contributed by atoms with Gasteiger partial charge in [0.1, 0.15) is 17.0 Å². The highest BCUT2D eigenvalue weighted by atomic mass is 32.2. The molecule has 0 bridgehead atoms. The fourth-order valence-electron chi connectivity index (χ4n) is 3.10. The number of benzene rings is 1. The van der Waals surface area contributed by atoms with Crippen LogP contribution in [0, 0.1) is 0 Å². The van der Waals surface area contributed by atoms with Gasteiger partial charge >= 0.3 is 6.03 Å². The maximum atomic E-state index is 12.5. The van der Waals surface area contributed by atoms with E-state index >= 15 is 0 Å². The first-order valence-electron chi connectivity index (χ1n) is 8.54. The van der Waals surface area contributed by atoms with Crippen molar-refractivity contribution in [3.8, 4) is 0 Å². The van der Waals surface area contributed by atoms with Crippen LogP contribution in [-0.2, 0) is 10.0 Å². The van der Waals surface area contributed by atoms with Crippen LogP contribution in [0.1, 0.15) is 0 Å². The van der Waals surface area contributed by atoms with Crippen molar-refractivity contribution < 1.29 is 13.2 Å². The first-order valence-corrected chi connectivity index (χ1v) is 11.0. The third kappa shape index (κ3) is 3.77. The van der Waals surface area contributed by atoms with Crippen molar-refractivity contribution in [3.05, 3.63) is 42.0 Å². The second-order valence-corrected chi connectivity index (χ2v) is 8.77. The average molecular weight is 419 g/mol. The summed E-state index contributed by atoms with van der Waals surface area (Å²) in [5.74, 6) is 0.882. The number of hydrogen-bond acceptors (Lipinski definition) is 7. The number of carbonyl (C=O) groups is 1. The SMILES string of the molecule is NS(=O)(=O)c1cccc(NC(=O)N2CCN(c3ncnc4sccc34)CC2)c1. The molecule has 0 aliphatic carbocycles. The van der Waals surface area contributed by atoms with E-state index in [0.29, 0.717) is 31.9 Å². The molecule has 1 saturated heterocycles. The molecule has 9 nitrogen and oxygen atoms in total. The number of carbonyl (C=O) groups excluding carboxylic acids is 1. The van der Waals surface area contributed by atoms with Crippen LogP contribution in [0.5, 0.6) is 0 Å². The number of urea groups is 1. The van der Waals surface area contributed by atoms with E-state index in [4.69, 9.17) is 5.14 Å². The fourth-order valence-corrected chi connectivity index (χ4v) is 4.39. The molecule has 0 saturated carbocycles. The lowest BCUT2D eigenvalue weighted by atomic mass is 10.3. The van der Waals surface area contributed by atoms with E-state index in [0.717, 1.165) is 16.0 Å². The molecule has 4 rings (SSSR count). The number of nitrogens with two attached hydrogens (primary N) is 1. The number of fused-ring (bicyclic) bond motifs is 1. The zero-order valence-electron chi connectivity index (χ0n) is 14.8. The van der Waals surface area contributed by atoms with Gasteiger partial charge in [-0.3, -0.25) is 0 Å². The number of amides is 2. The molecule has 0 unspecified atom stereocenters. The van der Waals surface area contributed by atoms with Crippen LogP contribution in [-0.4, -0.2) is 55.5 Å². The van der Waals surface area contributed by atoms with Crippen molar-refractivity contribution in [2.24, 2.45) is 5.14 Å². The highest BCUT2D eigenvalue weighted by molar-refractivity contribution is 7.89. The summed E-state index contributed by atoms with van der Waals surface area (Å²) in [6, 6.07) is 7.61. The molecule has 3 N–H and O–H groups in total. The van der Waals surface area contributed by atoms with Crippen LogP contribution in [0.4, 0.5) is 16.3 Å². The first-order chi connectivity index (χ1) is 13.4. The lowest BCUT2D eigenvalue weighted by Gasteiger charge is -2.35. The number of nitrogens with one attached hydrogen (secondary N) is 1. The van der Waals surface area contributed by atoms with E-state index < -0.39 is 10.0 Å². The van der Waals surface area contributed by atoms with Gasteiger partial charge in [-0.25, -0.2) is 28.3 Å². The Bertz CT molecular complexity index is 1120. The van der Waals surface area contributed by atoms with Crippen LogP contribution in [0.3, 0.4) is 0 Å². The third-order valence-electron chi connectivity index (χ3n) is 4.52. The number of aromatic nitrogens is 2. The number of primary sulfonamides is 1. The number of piperazine rings is 1. The molecule has 2 amide bonds. The third-order valence-corrected chi connectivity index (χ3v) is 6.25. The van der Waals surface area contributed by atoms with Gasteiger partial charge in [-0.05, 0) is 29.6 Å². The molecular weight excluding hydrogens is 400 g/mol. The van der Waals surface area contributed by atoms with Crippen molar-refractivity contribution in [3.63, 3.8) is 0 Å². The minimum atomic E-state index is -3.82. The summed E-state index contributed by atoms with van der Waals surface area (Å²) in [5, 5.41) is 10.9. The molecular formula is C17H18N6O3S2. The maximum absolute atomic E-state index is 12.5. The van der Waals surface area contributed by atoms with Crippen LogP contribution >= 0.6 is 11.3 Å². The van der Waals surface area contributed by atoms with Crippen molar-refractivity contribution in [2.75, 3.05) is 36.4 Å². The van der Waals surface area contributed by atoms with Gasteiger partial charge in [-0.1, -0.05) is 6.07 Å². The summed E-state index contributed by atoms with van der Waals surface area (Å²) in [6.45, 7) is 2.34. The highest BCUT2D eigenvalue weighted by Gasteiger charge is 2.23. The number of nitrogens with zero attached hydrogens (tertiary/aromatic N) is 4. The molecule has 0 atom stereocenters. The quantitative estimate of drug-likeness (QED) is 0.668. The van der Waals surface area contributed by atoms with Crippen LogP contribution in [0.15, 0.2) is 46.9 Å². The minimum absolute atomic E-state index is 0.0429. The number of hydrogen-bond donors (Lipinski definition) is 2. The molecule has 3 aromatic rings. The van der Waals surface area contributed by atoms with Gasteiger partial charge in [-0.15, -0.1) is 11.3 Å². The highest BCUT2D eigenvalue weighted by Crippen LogP contribution is 2.27. The van der Waals surface area contributed by atoms with E-state index in [1.54, 1.807) is 28.6 Å². The van der Waals surface area contributed by atoms with Crippen molar-refractivity contribution in [2.45, 2.75) is 4.90 Å². The molecule has 28 heavy (non-hydrogen) atoms. The largest absolute Gasteiger partial charge is 0.352 e. The summed E-state index contributed by atoms with van der Waals surface area (Å²) in [5.41, 5.74) is 0.384. The monoisotopic (exact) mass is 418 g/mol. The lowest BCUT2D eigenvalue weighted by molar-refractivity contribution is 0.208. The van der Waals surface area contributed by atoms with E-state index in [1.807, 2.05) is 11.4 Å². The zero-order valence-corrected chi connectivity index (χ0v) is 16.4. The van der Waals surface area contributed by atoms with Crippen LogP contribution in [0.2, 0.25) is 0 Å². The van der Waals surface area contributed by atoms with E-state index in [-0.39, 0.29) is 10.9 Å². The smallest absolute Gasteiger partial charge is 0.321 e. The summed E-state index contributed by atoms with van der Waals surface area (Å²) < 4.78 is 22.9. The Labute approximate surface area is 165 Å². The Balaban J connectivity index is 1.41. The van der Waals surface area contributed by atoms with Gasteiger partial charge in [0.25, 0.3) is 0 Å². The van der Waals surface area contributed by atoms with E-state index in [9.17, 15) is 13.2 Å². The molecule has 11 heteroatoms. The standard InChI is InChI=1S/C17H18N6O3S2/c18-28(25,26)13-3-1-2-12(10-13)21-17(24)23-7-5-22(6-8-23)15-14-4-9-27-16(14)20-11-19-15/h1-4,9-11H,5-8H2,(H,21,24)(H2,18,25,26). The number of thiophene rings is 1. The molecule has 146 valence electrons. The molecule has 1 aliphatic rings. The van der Waals surface area contributed by atoms with E-state index in [1.165, 1.54) is 18.2 Å². The Morgan fingerprint density at radius 1 is 1.14 bits per heavy atom. The normalized spacial score (nSPS) is 15.0. The van der Waals surface area contributed by atoms with Crippen LogP contribution in [0.25, 0.3) is 10.2 Å². The lowest BCUT2D eigenvalue weighted by Crippen LogP contribution is -2.50. The first kappa shape index (κ1) is 18.6. The summed E-state index contributed by atoms with van der Waals surface area (Å²) in [7, 11) is -3.82. The summed E-state index contributed by atoms with van der Waals surface area (Å²) in [4.78, 5) is 25.9. The summed E-state index contributed by atoms with van der Waals surface area (Å²) >= 11 is 1.57. The molecule has 3 heterocycles. The van der Waals surface area contributed by atoms with Gasteiger partial charge in [-0.2, -0.15) is 0 Å². The van der Waals surface area contributed by atoms with Gasteiger partial charge in [0.05, 0.1) is 10.3 Å². The maximum Gasteiger partial charge on any atom is 0.321 e. The summed E-state index contributed by atoms with van der Waals surface area (Å²) in [6.07, 6.45) is 1.56. The molecule has 1 fully saturated rings. The second kappa shape index (κ2) is 7.34. The molecule has 0 spiro atoms. The Morgan fingerprint density at radius 3 is 2.68 bits per heavy atom. The second-order valence-electron chi connectivity index (χ2n) is 6.31. The minimum Gasteiger partial charge on any atom is -0.352 e. The topological polar surface area (TPSA) is 122 Å². The van der Waals surface area contributed by atoms with Gasteiger partial charge < -0.3 is 15.1 Å². The average Bonchev–Trinajstić information content (AvgIpc) is 3.16. The Morgan fingerprint density at radius 2 is 1.93 bits per heavy atom. The van der Waals surface area contributed by atoms with E-state index in [2.05, 4.69) is 20.2 Å². The molecule has 2 aromatic heterocycles. The van der Waals surface area contributed by atoms with Gasteiger partial charge in [0, 0.05) is 31.9 Å². The van der Waals surface area contributed by atoms with Crippen molar-refractivity contribution >= 4 is 49.1 Å². The number of anilines is 2. The van der Waals surface area contributed by atoms with Crippen molar-refractivity contribution in [1.29, 1.82) is 0 Å². The van der Waals surface area contributed by atoms with Crippen molar-refractivity contribution in [1.82, 2.24) is 14.9 Å². The molecule has 0 radical (unpaired) electrons. The fraction of sp³-hybridized carbons (Fsp3) is 0.235. The van der Waals surface area contributed by atoms with Crippen LogP contribution < -0.4 is 15.4 Å². The predicted molar refractivity (Wildman–Crippen MR) is 108 cm³/mol. The molecule has 1 aliphatic heterocycles. The molecule has 1 aromatic carbocycles. The predicted octanol–water partition coefficient (Wildman–Crippen LogP) is 1.69. The Hall–Kier alpha value is -2.76. The number of rotatable bonds is 3. The number of sulfonamides is 1. The van der Waals surface area contributed by atoms with Gasteiger partial charge in [0.2, 0.25) is 10.0 Å².